The summed E-state index contributed by atoms with van der Waals surface area (Å²) in [5.41, 5.74) is 5.57. The van der Waals surface area contributed by atoms with Gasteiger partial charge in [0, 0.05) is 18.2 Å². The lowest BCUT2D eigenvalue weighted by atomic mass is 10.1. The Morgan fingerprint density at radius 3 is 2.90 bits per heavy atom. The van der Waals surface area contributed by atoms with Crippen LogP contribution in [0.2, 0.25) is 0 Å². The van der Waals surface area contributed by atoms with Crippen molar-refractivity contribution in [2.45, 2.75) is 12.8 Å². The first kappa shape index (κ1) is 17.2. The van der Waals surface area contributed by atoms with Crippen LogP contribution < -0.4 is 16.4 Å². The van der Waals surface area contributed by atoms with E-state index in [9.17, 15) is 14.9 Å². The summed E-state index contributed by atoms with van der Waals surface area (Å²) in [5, 5.41) is 16.8. The third-order valence-electron chi connectivity index (χ3n) is 3.49. The van der Waals surface area contributed by atoms with E-state index in [1.165, 1.54) is 18.2 Å². The normalized spacial score (nSPS) is 17.0. The molecule has 1 fully saturated rings. The fraction of sp³-hybridized carbons (Fsp3) is 0.462. The monoisotopic (exact) mass is 314 g/mol. The molecule has 7 nitrogen and oxygen atoms in total. The number of anilines is 1. The second-order valence-corrected chi connectivity index (χ2v) is 4.93. The number of nitrogens with one attached hydrogen (secondary N) is 2. The molecule has 21 heavy (non-hydrogen) atoms. The third-order valence-corrected chi connectivity index (χ3v) is 3.49. The smallest absolute Gasteiger partial charge is 0.292 e. The number of nitro benzene ring substituents is 1. The van der Waals surface area contributed by atoms with Crippen molar-refractivity contribution in [1.29, 1.82) is 0 Å². The van der Waals surface area contributed by atoms with Crippen molar-refractivity contribution >= 4 is 29.7 Å². The minimum absolute atomic E-state index is 0. The topological polar surface area (TPSA) is 110 Å². The zero-order valence-corrected chi connectivity index (χ0v) is 12.3. The maximum absolute atomic E-state index is 11.9. The van der Waals surface area contributed by atoms with Gasteiger partial charge < -0.3 is 16.4 Å². The van der Waals surface area contributed by atoms with Crippen LogP contribution in [0, 0.1) is 16.0 Å². The largest absolute Gasteiger partial charge is 0.393 e. The summed E-state index contributed by atoms with van der Waals surface area (Å²) in [4.78, 5) is 22.1. The lowest BCUT2D eigenvalue weighted by molar-refractivity contribution is -0.383. The second-order valence-electron chi connectivity index (χ2n) is 4.93. The Hall–Kier alpha value is -1.86. The van der Waals surface area contributed by atoms with Crippen molar-refractivity contribution in [3.8, 4) is 0 Å². The molecule has 1 aliphatic heterocycles. The number of carbonyl (C=O) groups excluding carboxylic acids is 1. The zero-order chi connectivity index (χ0) is 14.5. The van der Waals surface area contributed by atoms with Crippen molar-refractivity contribution < 1.29 is 9.72 Å². The van der Waals surface area contributed by atoms with E-state index in [4.69, 9.17) is 5.73 Å². The van der Waals surface area contributed by atoms with Gasteiger partial charge in [-0.2, -0.15) is 0 Å². The molecule has 1 aromatic rings. The van der Waals surface area contributed by atoms with Gasteiger partial charge in [0.05, 0.1) is 4.92 Å². The molecule has 1 saturated heterocycles. The van der Waals surface area contributed by atoms with Gasteiger partial charge in [0.1, 0.15) is 5.69 Å². The highest BCUT2D eigenvalue weighted by molar-refractivity contribution is 5.95. The molecule has 1 amide bonds. The lowest BCUT2D eigenvalue weighted by Crippen LogP contribution is -2.26. The van der Waals surface area contributed by atoms with Gasteiger partial charge in [-0.25, -0.2) is 0 Å². The van der Waals surface area contributed by atoms with Gasteiger partial charge in [-0.3, -0.25) is 14.9 Å². The average molecular weight is 315 g/mol. The molecule has 1 aromatic carbocycles. The van der Waals surface area contributed by atoms with Crippen molar-refractivity contribution in [3.05, 3.63) is 33.9 Å². The van der Waals surface area contributed by atoms with Gasteiger partial charge in [0.25, 0.3) is 11.6 Å². The molecule has 0 bridgehead atoms. The Balaban J connectivity index is 0.00000220. The molecule has 1 heterocycles. The third kappa shape index (κ3) is 4.57. The van der Waals surface area contributed by atoms with E-state index in [0.29, 0.717) is 12.5 Å². The summed E-state index contributed by atoms with van der Waals surface area (Å²) in [6, 6.07) is 4.09. The molecule has 0 aliphatic carbocycles. The first-order valence-electron chi connectivity index (χ1n) is 6.60. The van der Waals surface area contributed by atoms with E-state index in [-0.39, 0.29) is 35.3 Å². The van der Waals surface area contributed by atoms with Gasteiger partial charge in [-0.15, -0.1) is 12.4 Å². The van der Waals surface area contributed by atoms with E-state index in [1.54, 1.807) is 0 Å². The van der Waals surface area contributed by atoms with Crippen molar-refractivity contribution in [1.82, 2.24) is 10.6 Å². The Labute approximate surface area is 128 Å². The van der Waals surface area contributed by atoms with E-state index >= 15 is 0 Å². The van der Waals surface area contributed by atoms with Crippen LogP contribution in [0.25, 0.3) is 0 Å². The number of hydrogen-bond donors (Lipinski definition) is 3. The Morgan fingerprint density at radius 1 is 1.52 bits per heavy atom. The molecule has 116 valence electrons. The van der Waals surface area contributed by atoms with Crippen LogP contribution in [0.5, 0.6) is 0 Å². The van der Waals surface area contributed by atoms with E-state index in [0.717, 1.165) is 25.9 Å². The molecule has 0 radical (unpaired) electrons. The first-order valence-corrected chi connectivity index (χ1v) is 6.60. The molecule has 2 rings (SSSR count). The molecule has 1 unspecified atom stereocenters. The summed E-state index contributed by atoms with van der Waals surface area (Å²) in [5.74, 6) is 0.287. The van der Waals surface area contributed by atoms with Crippen molar-refractivity contribution in [2.75, 3.05) is 25.4 Å². The Kier molecular flexibility index (Phi) is 6.39. The van der Waals surface area contributed by atoms with Crippen molar-refractivity contribution in [3.63, 3.8) is 0 Å². The predicted octanol–water partition coefficient (Wildman–Crippen LogP) is 1.33. The van der Waals surface area contributed by atoms with Crippen LogP contribution in [0.3, 0.4) is 0 Å². The molecule has 1 aliphatic rings. The zero-order valence-electron chi connectivity index (χ0n) is 11.5. The van der Waals surface area contributed by atoms with Crippen LogP contribution >= 0.6 is 12.4 Å². The highest BCUT2D eigenvalue weighted by atomic mass is 35.5. The molecular formula is C13H19ClN4O3. The second kappa shape index (κ2) is 7.80. The van der Waals surface area contributed by atoms with Gasteiger partial charge in [0.15, 0.2) is 0 Å². The number of nitrogen functional groups attached to an aromatic ring is 1. The number of rotatable bonds is 5. The summed E-state index contributed by atoms with van der Waals surface area (Å²) in [6.45, 7) is 2.59. The number of hydrogen-bond acceptors (Lipinski definition) is 5. The average Bonchev–Trinajstić information content (AvgIpc) is 2.92. The van der Waals surface area contributed by atoms with Gasteiger partial charge in [0.2, 0.25) is 0 Å². The van der Waals surface area contributed by atoms with Gasteiger partial charge >= 0.3 is 0 Å². The standard InChI is InChI=1S/C13H18N4O3.ClH/c14-11-2-1-10(7-12(11)17(19)20)13(18)16-6-4-9-3-5-15-8-9;/h1-2,7,9,15H,3-6,8,14H2,(H,16,18);1H. The molecule has 1 atom stereocenters. The predicted molar refractivity (Wildman–Crippen MR) is 82.7 cm³/mol. The summed E-state index contributed by atoms with van der Waals surface area (Å²) >= 11 is 0. The highest BCUT2D eigenvalue weighted by Crippen LogP contribution is 2.22. The van der Waals surface area contributed by atoms with Crippen molar-refractivity contribution in [2.24, 2.45) is 5.92 Å². The summed E-state index contributed by atoms with van der Waals surface area (Å²) in [7, 11) is 0. The maximum Gasteiger partial charge on any atom is 0.292 e. The summed E-state index contributed by atoms with van der Waals surface area (Å²) in [6.07, 6.45) is 2.04. The Bertz CT molecular complexity index is 518. The molecule has 0 spiro atoms. The lowest BCUT2D eigenvalue weighted by Gasteiger charge is -2.09. The first-order chi connectivity index (χ1) is 9.58. The Morgan fingerprint density at radius 2 is 2.29 bits per heavy atom. The van der Waals surface area contributed by atoms with Crippen LogP contribution in [0.1, 0.15) is 23.2 Å². The number of nitrogens with two attached hydrogens (primary N) is 1. The minimum atomic E-state index is -0.587. The molecular weight excluding hydrogens is 296 g/mol. The fourth-order valence-corrected chi connectivity index (χ4v) is 2.30. The van der Waals surface area contributed by atoms with E-state index < -0.39 is 4.92 Å². The van der Waals surface area contributed by atoms with Gasteiger partial charge in [-0.05, 0) is 44.0 Å². The van der Waals surface area contributed by atoms with Crippen LogP contribution in [-0.4, -0.2) is 30.5 Å². The molecule has 4 N–H and O–H groups in total. The number of nitro groups is 1. The number of halogens is 1. The quantitative estimate of drug-likeness (QED) is 0.431. The SMILES string of the molecule is Cl.Nc1ccc(C(=O)NCCC2CCNC2)cc1[N+](=O)[O-]. The van der Waals surface area contributed by atoms with E-state index in [1.807, 2.05) is 0 Å². The van der Waals surface area contributed by atoms with Gasteiger partial charge in [-0.1, -0.05) is 0 Å². The van der Waals surface area contributed by atoms with E-state index in [2.05, 4.69) is 10.6 Å². The molecule has 0 saturated carbocycles. The maximum atomic E-state index is 11.9. The van der Waals surface area contributed by atoms with Crippen LogP contribution in [0.15, 0.2) is 18.2 Å². The van der Waals surface area contributed by atoms with Crippen LogP contribution in [-0.2, 0) is 0 Å². The minimum Gasteiger partial charge on any atom is -0.393 e. The molecule has 8 heteroatoms. The summed E-state index contributed by atoms with van der Waals surface area (Å²) < 4.78 is 0. The number of carbonyl (C=O) groups is 1. The number of nitrogens with zero attached hydrogens (tertiary/aromatic N) is 1. The van der Waals surface area contributed by atoms with Crippen LogP contribution in [0.4, 0.5) is 11.4 Å². The molecule has 0 aromatic heterocycles. The highest BCUT2D eigenvalue weighted by Gasteiger charge is 2.17. The number of benzene rings is 1. The number of amides is 1. The fourth-order valence-electron chi connectivity index (χ4n) is 2.30.